The molecule has 2 rings (SSSR count). The maximum atomic E-state index is 12.2. The Balaban J connectivity index is 2.03. The van der Waals surface area contributed by atoms with E-state index in [1.807, 2.05) is 0 Å². The molecule has 24 heavy (non-hydrogen) atoms. The van der Waals surface area contributed by atoms with Gasteiger partial charge in [0.05, 0.1) is 34.3 Å². The number of methoxy groups -OCH3 is 1. The second-order valence-corrected chi connectivity index (χ2v) is 7.23. The Morgan fingerprint density at radius 2 is 1.83 bits per heavy atom. The third-order valence-electron chi connectivity index (χ3n) is 3.00. The van der Waals surface area contributed by atoms with Crippen molar-refractivity contribution in [3.8, 4) is 5.75 Å². The summed E-state index contributed by atoms with van der Waals surface area (Å²) in [6.45, 7) is -0.447. The Morgan fingerprint density at radius 1 is 1.12 bits per heavy atom. The van der Waals surface area contributed by atoms with Crippen LogP contribution in [0.5, 0.6) is 5.75 Å². The van der Waals surface area contributed by atoms with Crippen molar-refractivity contribution < 1.29 is 17.9 Å². The summed E-state index contributed by atoms with van der Waals surface area (Å²) in [6.07, 6.45) is 0. The number of rotatable bonds is 6. The standard InChI is InChI=1S/C15H14Cl2N2O4S/c1-23-14-7-6-10(8-12(14)17)24(21,22)18-9-15(20)19-13-5-3-2-4-11(13)16/h2-8,18H,9H2,1H3,(H,19,20). The second-order valence-electron chi connectivity index (χ2n) is 4.65. The van der Waals surface area contributed by atoms with Crippen LogP contribution in [0.3, 0.4) is 0 Å². The van der Waals surface area contributed by atoms with E-state index in [0.717, 1.165) is 0 Å². The fourth-order valence-electron chi connectivity index (χ4n) is 1.82. The molecule has 0 aromatic heterocycles. The maximum Gasteiger partial charge on any atom is 0.241 e. The van der Waals surface area contributed by atoms with Crippen LogP contribution in [0.1, 0.15) is 0 Å². The Bertz CT molecular complexity index is 856. The number of ether oxygens (including phenoxy) is 1. The summed E-state index contributed by atoms with van der Waals surface area (Å²) in [5.41, 5.74) is 0.399. The van der Waals surface area contributed by atoms with Crippen LogP contribution < -0.4 is 14.8 Å². The summed E-state index contributed by atoms with van der Waals surface area (Å²) in [6, 6.07) is 10.6. The number of para-hydroxylation sites is 1. The molecular formula is C15H14Cl2N2O4S. The van der Waals surface area contributed by atoms with E-state index in [9.17, 15) is 13.2 Å². The summed E-state index contributed by atoms with van der Waals surface area (Å²) >= 11 is 11.8. The molecular weight excluding hydrogens is 375 g/mol. The van der Waals surface area contributed by atoms with Crippen LogP contribution in [-0.2, 0) is 14.8 Å². The highest BCUT2D eigenvalue weighted by Crippen LogP contribution is 2.26. The van der Waals surface area contributed by atoms with Crippen LogP contribution in [0, 0.1) is 0 Å². The van der Waals surface area contributed by atoms with E-state index < -0.39 is 22.5 Å². The monoisotopic (exact) mass is 388 g/mol. The van der Waals surface area contributed by atoms with Crippen molar-refractivity contribution in [1.82, 2.24) is 4.72 Å². The van der Waals surface area contributed by atoms with Gasteiger partial charge in [0.25, 0.3) is 0 Å². The summed E-state index contributed by atoms with van der Waals surface area (Å²) in [5, 5.41) is 3.03. The topological polar surface area (TPSA) is 84.5 Å². The number of hydrogen-bond acceptors (Lipinski definition) is 4. The molecule has 0 atom stereocenters. The van der Waals surface area contributed by atoms with Gasteiger partial charge >= 0.3 is 0 Å². The fraction of sp³-hybridized carbons (Fsp3) is 0.133. The molecule has 0 saturated carbocycles. The number of sulfonamides is 1. The Morgan fingerprint density at radius 3 is 2.46 bits per heavy atom. The van der Waals surface area contributed by atoms with E-state index in [1.165, 1.54) is 25.3 Å². The number of amides is 1. The highest BCUT2D eigenvalue weighted by atomic mass is 35.5. The van der Waals surface area contributed by atoms with Crippen molar-refractivity contribution >= 4 is 44.8 Å². The van der Waals surface area contributed by atoms with E-state index in [2.05, 4.69) is 10.0 Å². The summed E-state index contributed by atoms with van der Waals surface area (Å²) in [5.74, 6) is -0.196. The first-order valence-corrected chi connectivity index (χ1v) is 8.95. The molecule has 6 nitrogen and oxygen atoms in total. The minimum atomic E-state index is -3.89. The zero-order chi connectivity index (χ0) is 17.7. The van der Waals surface area contributed by atoms with Gasteiger partial charge in [-0.15, -0.1) is 0 Å². The second kappa shape index (κ2) is 7.85. The Hall–Kier alpha value is -1.80. The molecule has 0 saturated heterocycles. The first-order chi connectivity index (χ1) is 11.3. The van der Waals surface area contributed by atoms with Crippen molar-refractivity contribution in [3.63, 3.8) is 0 Å². The van der Waals surface area contributed by atoms with E-state index >= 15 is 0 Å². The summed E-state index contributed by atoms with van der Waals surface area (Å²) in [4.78, 5) is 11.8. The molecule has 0 aliphatic carbocycles. The van der Waals surface area contributed by atoms with Crippen LogP contribution in [0.2, 0.25) is 10.0 Å². The third kappa shape index (κ3) is 4.61. The van der Waals surface area contributed by atoms with Crippen LogP contribution in [0.4, 0.5) is 5.69 Å². The lowest BCUT2D eigenvalue weighted by atomic mass is 10.3. The van der Waals surface area contributed by atoms with Crippen LogP contribution >= 0.6 is 23.2 Å². The van der Waals surface area contributed by atoms with Crippen molar-refractivity contribution in [2.75, 3.05) is 19.0 Å². The zero-order valence-electron chi connectivity index (χ0n) is 12.5. The van der Waals surface area contributed by atoms with Gasteiger partial charge in [-0.1, -0.05) is 35.3 Å². The van der Waals surface area contributed by atoms with E-state index in [-0.39, 0.29) is 9.92 Å². The van der Waals surface area contributed by atoms with Gasteiger partial charge in [0.15, 0.2) is 0 Å². The lowest BCUT2D eigenvalue weighted by molar-refractivity contribution is -0.115. The minimum Gasteiger partial charge on any atom is -0.495 e. The number of nitrogens with one attached hydrogen (secondary N) is 2. The van der Waals surface area contributed by atoms with Gasteiger partial charge in [0, 0.05) is 0 Å². The normalized spacial score (nSPS) is 11.1. The molecule has 128 valence electrons. The number of benzene rings is 2. The van der Waals surface area contributed by atoms with E-state index in [1.54, 1.807) is 24.3 Å². The highest BCUT2D eigenvalue weighted by Gasteiger charge is 2.17. The van der Waals surface area contributed by atoms with Gasteiger partial charge < -0.3 is 10.1 Å². The summed E-state index contributed by atoms with van der Waals surface area (Å²) in [7, 11) is -2.47. The van der Waals surface area contributed by atoms with Gasteiger partial charge in [-0.25, -0.2) is 13.1 Å². The molecule has 0 bridgehead atoms. The number of carbonyl (C=O) groups excluding carboxylic acids is 1. The lowest BCUT2D eigenvalue weighted by Gasteiger charge is -2.10. The Labute approximate surface area is 149 Å². The van der Waals surface area contributed by atoms with Crippen molar-refractivity contribution in [2.24, 2.45) is 0 Å². The maximum absolute atomic E-state index is 12.2. The number of halogens is 2. The number of anilines is 1. The molecule has 2 N–H and O–H groups in total. The molecule has 1 amide bonds. The van der Waals surface area contributed by atoms with Gasteiger partial charge in [-0.3, -0.25) is 4.79 Å². The molecule has 0 radical (unpaired) electrons. The molecule has 0 aliphatic heterocycles. The molecule has 0 fully saturated rings. The van der Waals surface area contributed by atoms with Gasteiger partial charge in [-0.2, -0.15) is 0 Å². The first kappa shape index (κ1) is 18.5. The SMILES string of the molecule is COc1ccc(S(=O)(=O)NCC(=O)Nc2ccccc2Cl)cc1Cl. The quantitative estimate of drug-likeness (QED) is 0.796. The number of carbonyl (C=O) groups is 1. The smallest absolute Gasteiger partial charge is 0.241 e. The first-order valence-electron chi connectivity index (χ1n) is 6.71. The predicted molar refractivity (Wildman–Crippen MR) is 93.3 cm³/mol. The largest absolute Gasteiger partial charge is 0.495 e. The minimum absolute atomic E-state index is 0.0705. The van der Waals surface area contributed by atoms with Crippen molar-refractivity contribution in [1.29, 1.82) is 0 Å². The average Bonchev–Trinajstić information content (AvgIpc) is 2.55. The average molecular weight is 389 g/mol. The van der Waals surface area contributed by atoms with Crippen LogP contribution in [0.15, 0.2) is 47.4 Å². The molecule has 0 unspecified atom stereocenters. The molecule has 0 spiro atoms. The zero-order valence-corrected chi connectivity index (χ0v) is 14.9. The lowest BCUT2D eigenvalue weighted by Crippen LogP contribution is -2.33. The van der Waals surface area contributed by atoms with Crippen molar-refractivity contribution in [2.45, 2.75) is 4.90 Å². The third-order valence-corrected chi connectivity index (χ3v) is 5.03. The van der Waals surface area contributed by atoms with Crippen LogP contribution in [-0.4, -0.2) is 28.0 Å². The predicted octanol–water partition coefficient (Wildman–Crippen LogP) is 2.92. The Kier molecular flexibility index (Phi) is 6.06. The van der Waals surface area contributed by atoms with Gasteiger partial charge in [0.1, 0.15) is 5.75 Å². The van der Waals surface area contributed by atoms with Crippen molar-refractivity contribution in [3.05, 3.63) is 52.5 Å². The van der Waals surface area contributed by atoms with Gasteiger partial charge in [-0.05, 0) is 30.3 Å². The number of hydrogen-bond donors (Lipinski definition) is 2. The fourth-order valence-corrected chi connectivity index (χ4v) is 3.33. The molecule has 2 aromatic carbocycles. The van der Waals surface area contributed by atoms with E-state index in [0.29, 0.717) is 16.5 Å². The van der Waals surface area contributed by atoms with Gasteiger partial charge in [0.2, 0.25) is 15.9 Å². The molecule has 0 heterocycles. The van der Waals surface area contributed by atoms with Crippen LogP contribution in [0.25, 0.3) is 0 Å². The highest BCUT2D eigenvalue weighted by molar-refractivity contribution is 7.89. The van der Waals surface area contributed by atoms with E-state index in [4.69, 9.17) is 27.9 Å². The summed E-state index contributed by atoms with van der Waals surface area (Å²) < 4.78 is 31.5. The molecule has 2 aromatic rings. The molecule has 9 heteroatoms. The molecule has 0 aliphatic rings.